The van der Waals surface area contributed by atoms with Gasteiger partial charge >= 0.3 is 5.97 Å². The van der Waals surface area contributed by atoms with Crippen LogP contribution in [-0.4, -0.2) is 23.3 Å². The molecule has 21 heavy (non-hydrogen) atoms. The van der Waals surface area contributed by atoms with Crippen LogP contribution >= 0.6 is 11.3 Å². The predicted molar refractivity (Wildman–Crippen MR) is 76.7 cm³/mol. The first-order valence-corrected chi connectivity index (χ1v) is 7.04. The lowest BCUT2D eigenvalue weighted by Crippen LogP contribution is -2.11. The molecule has 1 heterocycles. The molecule has 0 saturated carbocycles. The van der Waals surface area contributed by atoms with Gasteiger partial charge in [-0.05, 0) is 31.2 Å². The van der Waals surface area contributed by atoms with Gasteiger partial charge in [0.1, 0.15) is 10.7 Å². The van der Waals surface area contributed by atoms with Crippen molar-refractivity contribution in [1.82, 2.24) is 4.98 Å². The highest BCUT2D eigenvalue weighted by molar-refractivity contribution is 7.17. The van der Waals surface area contributed by atoms with Crippen LogP contribution in [0.1, 0.15) is 27.9 Å². The van der Waals surface area contributed by atoms with Gasteiger partial charge in [0.05, 0.1) is 18.7 Å². The maximum atomic E-state index is 12.9. The molecule has 0 aliphatic heterocycles. The van der Waals surface area contributed by atoms with E-state index >= 15 is 0 Å². The van der Waals surface area contributed by atoms with Gasteiger partial charge in [-0.15, -0.1) is 0 Å². The van der Waals surface area contributed by atoms with Crippen LogP contribution in [0.15, 0.2) is 24.3 Å². The number of hydrogen-bond acceptors (Lipinski definition) is 6. The molecule has 0 saturated heterocycles. The van der Waals surface area contributed by atoms with Crippen molar-refractivity contribution < 1.29 is 18.7 Å². The molecule has 0 bridgehead atoms. The smallest absolute Gasteiger partial charge is 0.311 e. The van der Waals surface area contributed by atoms with E-state index in [0.29, 0.717) is 5.56 Å². The van der Waals surface area contributed by atoms with Crippen molar-refractivity contribution in [2.45, 2.75) is 13.3 Å². The predicted octanol–water partition coefficient (Wildman–Crippen LogP) is 2.20. The lowest BCUT2D eigenvalue weighted by molar-refractivity contribution is -0.142. The standard InChI is InChI=1S/C14H13FN2O3S/c1-2-20-11(18)7-10-13(21-14(16)17-10)12(19)8-3-5-9(15)6-4-8/h3-6H,2,7H2,1H3,(H2,16,17). The molecule has 110 valence electrons. The van der Waals surface area contributed by atoms with E-state index in [-0.39, 0.29) is 34.5 Å². The van der Waals surface area contributed by atoms with Crippen LogP contribution in [-0.2, 0) is 16.0 Å². The van der Waals surface area contributed by atoms with E-state index in [1.807, 2.05) is 0 Å². The first-order valence-electron chi connectivity index (χ1n) is 6.22. The van der Waals surface area contributed by atoms with Crippen LogP contribution in [0.3, 0.4) is 0 Å². The topological polar surface area (TPSA) is 82.3 Å². The van der Waals surface area contributed by atoms with Crippen LogP contribution < -0.4 is 5.73 Å². The number of benzene rings is 1. The van der Waals surface area contributed by atoms with E-state index < -0.39 is 11.8 Å². The van der Waals surface area contributed by atoms with Crippen LogP contribution in [0.5, 0.6) is 0 Å². The highest BCUT2D eigenvalue weighted by atomic mass is 32.1. The van der Waals surface area contributed by atoms with E-state index in [1.54, 1.807) is 6.92 Å². The fourth-order valence-electron chi connectivity index (χ4n) is 1.75. The van der Waals surface area contributed by atoms with Crippen molar-refractivity contribution in [3.05, 3.63) is 46.2 Å². The molecule has 0 radical (unpaired) electrons. The number of nitrogen functional groups attached to an aromatic ring is 1. The van der Waals surface area contributed by atoms with Gasteiger partial charge in [0, 0.05) is 5.56 Å². The summed E-state index contributed by atoms with van der Waals surface area (Å²) in [7, 11) is 0. The second-order valence-corrected chi connectivity index (χ2v) is 5.18. The third-order valence-corrected chi connectivity index (χ3v) is 3.57. The quantitative estimate of drug-likeness (QED) is 0.676. The van der Waals surface area contributed by atoms with E-state index in [0.717, 1.165) is 11.3 Å². The van der Waals surface area contributed by atoms with Gasteiger partial charge in [0.15, 0.2) is 5.13 Å². The summed E-state index contributed by atoms with van der Waals surface area (Å²) in [5, 5.41) is 0.194. The van der Waals surface area contributed by atoms with Crippen LogP contribution in [0.2, 0.25) is 0 Å². The molecule has 1 aromatic carbocycles. The number of anilines is 1. The summed E-state index contributed by atoms with van der Waals surface area (Å²) in [6.45, 7) is 1.94. The third-order valence-electron chi connectivity index (χ3n) is 2.64. The third kappa shape index (κ3) is 3.63. The minimum atomic E-state index is -0.476. The molecule has 0 aliphatic carbocycles. The van der Waals surface area contributed by atoms with Crippen molar-refractivity contribution in [2.24, 2.45) is 0 Å². The molecule has 0 amide bonds. The van der Waals surface area contributed by atoms with Gasteiger partial charge < -0.3 is 10.5 Å². The number of halogens is 1. The molecule has 7 heteroatoms. The number of carbonyl (C=O) groups is 2. The van der Waals surface area contributed by atoms with E-state index in [2.05, 4.69) is 4.98 Å². The van der Waals surface area contributed by atoms with Gasteiger partial charge in [-0.1, -0.05) is 11.3 Å². The molecule has 0 spiro atoms. The average molecular weight is 308 g/mol. The van der Waals surface area contributed by atoms with Gasteiger partial charge in [0.2, 0.25) is 5.78 Å². The number of ether oxygens (including phenoxy) is 1. The number of nitrogens with two attached hydrogens (primary N) is 1. The molecule has 0 unspecified atom stereocenters. The lowest BCUT2D eigenvalue weighted by Gasteiger charge is -2.02. The van der Waals surface area contributed by atoms with Gasteiger partial charge in [0.25, 0.3) is 0 Å². The summed E-state index contributed by atoms with van der Waals surface area (Å²) in [6.07, 6.45) is -0.121. The van der Waals surface area contributed by atoms with Crippen molar-refractivity contribution in [3.8, 4) is 0 Å². The zero-order valence-electron chi connectivity index (χ0n) is 11.3. The first kappa shape index (κ1) is 15.1. The summed E-state index contributed by atoms with van der Waals surface area (Å²) in [6, 6.07) is 5.15. The molecular formula is C14H13FN2O3S. The maximum Gasteiger partial charge on any atom is 0.311 e. The van der Waals surface area contributed by atoms with Crippen LogP contribution in [0, 0.1) is 5.82 Å². The monoisotopic (exact) mass is 308 g/mol. The number of aromatic nitrogens is 1. The molecule has 0 aliphatic rings. The summed E-state index contributed by atoms with van der Waals surface area (Å²) in [4.78, 5) is 28.2. The minimum absolute atomic E-state index is 0.121. The Kier molecular flexibility index (Phi) is 4.64. The normalized spacial score (nSPS) is 10.4. The number of carbonyl (C=O) groups excluding carboxylic acids is 2. The van der Waals surface area contributed by atoms with Crippen LogP contribution in [0.4, 0.5) is 9.52 Å². The largest absolute Gasteiger partial charge is 0.466 e. The average Bonchev–Trinajstić information content (AvgIpc) is 2.79. The van der Waals surface area contributed by atoms with Crippen molar-refractivity contribution in [2.75, 3.05) is 12.3 Å². The van der Waals surface area contributed by atoms with Gasteiger partial charge in [-0.25, -0.2) is 9.37 Å². The number of rotatable bonds is 5. The van der Waals surface area contributed by atoms with Crippen molar-refractivity contribution >= 4 is 28.2 Å². The second kappa shape index (κ2) is 6.45. The first-order chi connectivity index (χ1) is 10.0. The highest BCUT2D eigenvalue weighted by Gasteiger charge is 2.21. The Balaban J connectivity index is 2.28. The fraction of sp³-hybridized carbons (Fsp3) is 0.214. The Morgan fingerprint density at radius 3 is 2.62 bits per heavy atom. The number of ketones is 1. The Hall–Kier alpha value is -2.28. The van der Waals surface area contributed by atoms with E-state index in [9.17, 15) is 14.0 Å². The molecule has 2 aromatic rings. The number of thiazole rings is 1. The number of nitrogens with zero attached hydrogens (tertiary/aromatic N) is 1. The Morgan fingerprint density at radius 2 is 2.00 bits per heavy atom. The molecule has 0 fully saturated rings. The highest BCUT2D eigenvalue weighted by Crippen LogP contribution is 2.24. The molecule has 2 N–H and O–H groups in total. The Bertz CT molecular complexity index is 667. The summed E-state index contributed by atoms with van der Waals surface area (Å²) in [5.74, 6) is -1.25. The summed E-state index contributed by atoms with van der Waals surface area (Å²) in [5.41, 5.74) is 6.21. The van der Waals surface area contributed by atoms with Crippen molar-refractivity contribution in [1.29, 1.82) is 0 Å². The minimum Gasteiger partial charge on any atom is -0.466 e. The molecule has 1 aromatic heterocycles. The van der Waals surface area contributed by atoms with Gasteiger partial charge in [-0.3, -0.25) is 9.59 Å². The number of hydrogen-bond donors (Lipinski definition) is 1. The van der Waals surface area contributed by atoms with Crippen molar-refractivity contribution in [3.63, 3.8) is 0 Å². The molecule has 2 rings (SSSR count). The fourth-order valence-corrected chi connectivity index (χ4v) is 2.56. The van der Waals surface area contributed by atoms with Crippen LogP contribution in [0.25, 0.3) is 0 Å². The maximum absolute atomic E-state index is 12.9. The van der Waals surface area contributed by atoms with Gasteiger partial charge in [-0.2, -0.15) is 0 Å². The lowest BCUT2D eigenvalue weighted by atomic mass is 10.1. The zero-order chi connectivity index (χ0) is 15.4. The molecule has 0 atom stereocenters. The Morgan fingerprint density at radius 1 is 1.33 bits per heavy atom. The molecule has 5 nitrogen and oxygen atoms in total. The SMILES string of the molecule is CCOC(=O)Cc1nc(N)sc1C(=O)c1ccc(F)cc1. The zero-order valence-corrected chi connectivity index (χ0v) is 12.1. The van der Waals surface area contributed by atoms with E-state index in [1.165, 1.54) is 24.3 Å². The Labute approximate surface area is 124 Å². The number of esters is 1. The summed E-state index contributed by atoms with van der Waals surface area (Å²) < 4.78 is 17.7. The van der Waals surface area contributed by atoms with E-state index in [4.69, 9.17) is 10.5 Å². The second-order valence-electron chi connectivity index (χ2n) is 4.15. The summed E-state index contributed by atoms with van der Waals surface area (Å²) >= 11 is 0.997. The molecular weight excluding hydrogens is 295 g/mol.